The fourth-order valence-corrected chi connectivity index (χ4v) is 6.08. The zero-order chi connectivity index (χ0) is 31.5. The van der Waals surface area contributed by atoms with Gasteiger partial charge < -0.3 is 23.5 Å². The van der Waals surface area contributed by atoms with Gasteiger partial charge in [-0.3, -0.25) is 14.3 Å². The van der Waals surface area contributed by atoms with Gasteiger partial charge in [0.15, 0.2) is 0 Å². The van der Waals surface area contributed by atoms with Crippen molar-refractivity contribution in [1.29, 1.82) is 0 Å². The van der Waals surface area contributed by atoms with Crippen LogP contribution in [0.15, 0.2) is 94.6 Å². The van der Waals surface area contributed by atoms with Gasteiger partial charge in [-0.05, 0) is 59.7 Å². The molecular weight excluding hydrogens is 626 g/mol. The number of H-pyrrole nitrogens is 1. The van der Waals surface area contributed by atoms with E-state index in [1.807, 2.05) is 78.9 Å². The molecule has 0 radical (unpaired) electrons. The maximum Gasteiger partial charge on any atom is 0.330 e. The number of thiol groups is 1. The third-order valence-electron chi connectivity index (χ3n) is 7.54. The zero-order valence-corrected chi connectivity index (χ0v) is 26.8. The van der Waals surface area contributed by atoms with Crippen LogP contribution in [0.1, 0.15) is 34.9 Å². The number of rotatable bonds is 11. The Kier molecular flexibility index (Phi) is 9.79. The maximum atomic E-state index is 14.4. The first-order valence-corrected chi connectivity index (χ1v) is 17.5. The van der Waals surface area contributed by atoms with E-state index in [9.17, 15) is 13.8 Å². The van der Waals surface area contributed by atoms with Crippen LogP contribution in [0.25, 0.3) is 0 Å². The molecule has 0 aliphatic carbocycles. The first-order valence-electron chi connectivity index (χ1n) is 13.7. The van der Waals surface area contributed by atoms with Crippen molar-refractivity contribution < 1.29 is 27.7 Å². The van der Waals surface area contributed by atoms with E-state index >= 15 is 0 Å². The number of ether oxygens (including phenoxy) is 4. The Morgan fingerprint density at radius 1 is 0.977 bits per heavy atom. The van der Waals surface area contributed by atoms with Crippen molar-refractivity contribution in [1.82, 2.24) is 9.55 Å². The molecule has 44 heavy (non-hydrogen) atoms. The molecule has 0 amide bonds. The summed E-state index contributed by atoms with van der Waals surface area (Å²) in [6.07, 6.45) is -0.861. The summed E-state index contributed by atoms with van der Waals surface area (Å²) in [5.74, 6) is -2.53. The van der Waals surface area contributed by atoms with Crippen molar-refractivity contribution >= 4 is 29.8 Å². The van der Waals surface area contributed by atoms with Crippen LogP contribution < -0.4 is 20.7 Å². The average Bonchev–Trinajstić information content (AvgIpc) is 3.43. The highest BCUT2D eigenvalue weighted by Gasteiger charge is 2.46. The molecule has 9 nitrogen and oxygen atoms in total. The minimum Gasteiger partial charge on any atom is -0.497 e. The van der Waals surface area contributed by atoms with Gasteiger partial charge >= 0.3 is 5.69 Å². The first-order chi connectivity index (χ1) is 21.0. The lowest BCUT2D eigenvalue weighted by atomic mass is 9.79. The van der Waals surface area contributed by atoms with E-state index in [1.165, 1.54) is 10.8 Å². The van der Waals surface area contributed by atoms with Crippen LogP contribution >= 0.6 is 18.0 Å². The Labute approximate surface area is 264 Å². The molecule has 1 saturated heterocycles. The molecule has 1 unspecified atom stereocenters. The first kappa shape index (κ1) is 32.2. The van der Waals surface area contributed by atoms with E-state index in [-0.39, 0.29) is 13.0 Å². The molecule has 1 aliphatic heterocycles. The largest absolute Gasteiger partial charge is 0.497 e. The van der Waals surface area contributed by atoms with E-state index in [0.717, 1.165) is 16.7 Å². The van der Waals surface area contributed by atoms with Gasteiger partial charge in [0.2, 0.25) is 0 Å². The van der Waals surface area contributed by atoms with Crippen LogP contribution in [0, 0.1) is 6.92 Å². The number of hydrogen-bond acceptors (Lipinski definition) is 8. The third-order valence-corrected chi connectivity index (χ3v) is 8.67. The number of methoxy groups -OCH3 is 2. The van der Waals surface area contributed by atoms with Gasteiger partial charge in [0.05, 0.1) is 26.9 Å². The fourth-order valence-electron chi connectivity index (χ4n) is 5.37. The number of aromatic nitrogens is 2. The van der Waals surface area contributed by atoms with Crippen LogP contribution in [0.4, 0.5) is 4.20 Å². The Hall–Kier alpha value is -3.25. The topological polar surface area (TPSA) is 101 Å². The normalized spacial score (nSPS) is 19.8. The fraction of sp³-hybridized carbons (Fsp3) is 0.290. The van der Waals surface area contributed by atoms with Crippen LogP contribution in [0.3, 0.4) is 0 Å². The molecule has 13 heteroatoms. The Morgan fingerprint density at radius 2 is 1.52 bits per heavy atom. The summed E-state index contributed by atoms with van der Waals surface area (Å²) in [6.45, 7) is 1.32. The number of hydrogen-bond donors (Lipinski definition) is 2. The predicted octanol–water partition coefficient (Wildman–Crippen LogP) is 5.67. The van der Waals surface area contributed by atoms with Crippen molar-refractivity contribution in [3.8, 4) is 11.5 Å². The zero-order valence-electron chi connectivity index (χ0n) is 24.2. The van der Waals surface area contributed by atoms with Gasteiger partial charge in [-0.1, -0.05) is 66.8 Å². The smallest absolute Gasteiger partial charge is 0.330 e. The van der Waals surface area contributed by atoms with Gasteiger partial charge in [0, 0.05) is 18.2 Å². The van der Waals surface area contributed by atoms with E-state index in [2.05, 4.69) is 17.2 Å². The van der Waals surface area contributed by atoms with Crippen LogP contribution in [0.5, 0.6) is 11.5 Å². The molecule has 232 valence electrons. The summed E-state index contributed by atoms with van der Waals surface area (Å²) >= 11 is 8.60. The van der Waals surface area contributed by atoms with Crippen molar-refractivity contribution in [3.05, 3.63) is 128 Å². The number of aryl methyl sites for hydroxylation is 1. The molecule has 4 aromatic rings. The second kappa shape index (κ2) is 13.4. The van der Waals surface area contributed by atoms with Gasteiger partial charge in [0.25, 0.3) is 11.3 Å². The number of nitrogens with zero attached hydrogens (tertiary/aromatic N) is 1. The van der Waals surface area contributed by atoms with E-state index in [0.29, 0.717) is 17.1 Å². The highest BCUT2D eigenvalue weighted by atomic mass is 32.9. The SMILES string of the molecule is COc1ccc(C(O[C@H]2C[C@H](n3cc(C)c(=O)[nH]c3=O)O[C@@H]2COP(F)(=S)S)(c2ccccc2)c2ccc(OC)cc2)cc1. The van der Waals surface area contributed by atoms with Crippen molar-refractivity contribution in [2.24, 2.45) is 0 Å². The van der Waals surface area contributed by atoms with Crippen LogP contribution in [-0.2, 0) is 31.4 Å². The van der Waals surface area contributed by atoms with Crippen LogP contribution in [-0.4, -0.2) is 42.6 Å². The summed E-state index contributed by atoms with van der Waals surface area (Å²) in [6, 6.07) is 24.7. The molecule has 0 spiro atoms. The lowest BCUT2D eigenvalue weighted by Crippen LogP contribution is -2.41. The number of halogens is 1. The maximum absolute atomic E-state index is 14.4. The molecule has 1 aliphatic rings. The lowest BCUT2D eigenvalue weighted by Gasteiger charge is -2.39. The number of benzene rings is 3. The monoisotopic (exact) mass is 658 g/mol. The standard InChI is InChI=1S/C31H32FN2O7PS2/c1-20-18-34(30(36)33-29(20)35)28-17-26(27(40-28)19-39-42(32,43)44)41-31(21-7-5-4-6-8-21,22-9-13-24(37-2)14-10-22)23-11-15-25(38-3)16-12-23/h4-16,18,26-28H,17,19H2,1-3H3,(H,43,44)(H,33,35,36)/t26-,27+,28+/m0/s1. The van der Waals surface area contributed by atoms with Crippen molar-refractivity contribution in [3.63, 3.8) is 0 Å². The predicted molar refractivity (Wildman–Crippen MR) is 172 cm³/mol. The van der Waals surface area contributed by atoms with Gasteiger partial charge in [0.1, 0.15) is 29.4 Å². The molecule has 1 N–H and O–H groups in total. The Balaban J connectivity index is 1.67. The molecule has 0 bridgehead atoms. The number of aromatic amines is 1. The van der Waals surface area contributed by atoms with Crippen molar-refractivity contribution in [2.45, 2.75) is 37.4 Å². The van der Waals surface area contributed by atoms with E-state index in [4.69, 9.17) is 35.3 Å². The molecule has 1 aromatic heterocycles. The molecule has 2 heterocycles. The Morgan fingerprint density at radius 3 is 2.05 bits per heavy atom. The third kappa shape index (κ3) is 6.86. The van der Waals surface area contributed by atoms with Gasteiger partial charge in [-0.15, -0.1) is 0 Å². The molecule has 4 atom stereocenters. The lowest BCUT2D eigenvalue weighted by molar-refractivity contribution is -0.0959. The highest BCUT2D eigenvalue weighted by molar-refractivity contribution is 8.59. The summed E-state index contributed by atoms with van der Waals surface area (Å²) in [7, 11) is 3.18. The summed E-state index contributed by atoms with van der Waals surface area (Å²) < 4.78 is 45.3. The summed E-state index contributed by atoms with van der Waals surface area (Å²) in [5, 5.41) is 0. The minimum absolute atomic E-state index is 0.169. The Bertz CT molecular complexity index is 1700. The van der Waals surface area contributed by atoms with Gasteiger partial charge in [-0.25, -0.2) is 4.79 Å². The quantitative estimate of drug-likeness (QED) is 0.121. The average molecular weight is 659 g/mol. The molecule has 3 aromatic carbocycles. The summed E-state index contributed by atoms with van der Waals surface area (Å²) in [4.78, 5) is 27.2. The second-order valence-electron chi connectivity index (χ2n) is 10.3. The van der Waals surface area contributed by atoms with E-state index < -0.39 is 41.1 Å². The van der Waals surface area contributed by atoms with Crippen LogP contribution in [0.2, 0.25) is 0 Å². The van der Waals surface area contributed by atoms with E-state index in [1.54, 1.807) is 21.1 Å². The molecule has 1 fully saturated rings. The summed E-state index contributed by atoms with van der Waals surface area (Å²) in [5.41, 5.74) is 0.334. The molecule has 5 rings (SSSR count). The van der Waals surface area contributed by atoms with Crippen molar-refractivity contribution in [2.75, 3.05) is 20.8 Å². The minimum atomic E-state index is -3.86. The molecule has 0 saturated carbocycles. The number of nitrogens with one attached hydrogen (secondary N) is 1. The molecular formula is C31H32FN2O7PS2. The highest BCUT2D eigenvalue weighted by Crippen LogP contribution is 2.54. The van der Waals surface area contributed by atoms with Gasteiger partial charge in [-0.2, -0.15) is 4.20 Å². The second-order valence-corrected chi connectivity index (χ2v) is 15.2.